The predicted octanol–water partition coefficient (Wildman–Crippen LogP) is -0.601. The van der Waals surface area contributed by atoms with Crippen molar-refractivity contribution in [2.45, 2.75) is 26.7 Å². The molecule has 0 rings (SSSR count). The van der Waals surface area contributed by atoms with Gasteiger partial charge in [0.2, 0.25) is 0 Å². The molecule has 0 bridgehead atoms. The highest BCUT2D eigenvalue weighted by atomic mass is 16.7. The quantitative estimate of drug-likeness (QED) is 0.147. The first-order valence-electron chi connectivity index (χ1n) is 11.1. The summed E-state index contributed by atoms with van der Waals surface area (Å²) in [5, 5.41) is 28.7. The Balaban J connectivity index is 4.65. The Morgan fingerprint density at radius 3 is 1.59 bits per heavy atom. The molecule has 0 spiro atoms. The first-order chi connectivity index (χ1) is 15.4. The van der Waals surface area contributed by atoms with Gasteiger partial charge in [-0.3, -0.25) is 38.7 Å². The van der Waals surface area contributed by atoms with Gasteiger partial charge in [-0.05, 0) is 32.9 Å². The molecule has 0 radical (unpaired) electrons. The van der Waals surface area contributed by atoms with Gasteiger partial charge < -0.3 is 15.3 Å². The molecule has 1 unspecified atom stereocenters. The Hall–Kier alpha value is -2.12. The van der Waals surface area contributed by atoms with E-state index in [9.17, 15) is 29.4 Å². The van der Waals surface area contributed by atoms with E-state index in [1.807, 2.05) is 6.92 Å². The van der Waals surface area contributed by atoms with Crippen LogP contribution in [0.5, 0.6) is 0 Å². The smallest absolute Gasteiger partial charge is 0.317 e. The lowest BCUT2D eigenvalue weighted by molar-refractivity contribution is -0.156. The SMILES string of the molecule is [2H]C(ON(C)CCCCN(CCN(CCN(CC)CC(=O)O)CC(=O)O)CC(=O)O)C(C)=O. The van der Waals surface area contributed by atoms with Crippen molar-refractivity contribution in [1.29, 1.82) is 0 Å². The molecule has 186 valence electrons. The lowest BCUT2D eigenvalue weighted by atomic mass is 10.2. The second kappa shape index (κ2) is 17.4. The summed E-state index contributed by atoms with van der Waals surface area (Å²) in [6, 6.07) is 0. The Labute approximate surface area is 190 Å². The number of hydrogen-bond donors (Lipinski definition) is 3. The molecule has 12 heteroatoms. The van der Waals surface area contributed by atoms with Gasteiger partial charge >= 0.3 is 17.9 Å². The average molecular weight is 464 g/mol. The number of carbonyl (C=O) groups excluding carboxylic acids is 1. The highest BCUT2D eigenvalue weighted by Crippen LogP contribution is 2.01. The van der Waals surface area contributed by atoms with Gasteiger partial charge in [0.25, 0.3) is 0 Å². The molecule has 32 heavy (non-hydrogen) atoms. The maximum Gasteiger partial charge on any atom is 0.317 e. The fourth-order valence-electron chi connectivity index (χ4n) is 2.92. The zero-order valence-electron chi connectivity index (χ0n) is 20.2. The monoisotopic (exact) mass is 463 g/mol. The first-order valence-corrected chi connectivity index (χ1v) is 10.6. The van der Waals surface area contributed by atoms with E-state index in [0.717, 1.165) is 0 Å². The number of ketones is 1. The number of hydroxylamine groups is 2. The zero-order chi connectivity index (χ0) is 25.4. The Morgan fingerprint density at radius 2 is 1.16 bits per heavy atom. The van der Waals surface area contributed by atoms with Crippen molar-refractivity contribution in [2.24, 2.45) is 0 Å². The van der Waals surface area contributed by atoms with Crippen molar-refractivity contribution >= 4 is 23.7 Å². The van der Waals surface area contributed by atoms with Crippen LogP contribution in [0, 0.1) is 0 Å². The highest BCUT2D eigenvalue weighted by molar-refractivity contribution is 5.76. The van der Waals surface area contributed by atoms with E-state index in [1.165, 1.54) is 12.0 Å². The third kappa shape index (κ3) is 17.5. The van der Waals surface area contributed by atoms with Crippen molar-refractivity contribution in [1.82, 2.24) is 19.8 Å². The summed E-state index contributed by atoms with van der Waals surface area (Å²) in [5.74, 6) is -3.35. The fraction of sp³-hybridized carbons (Fsp3) is 0.800. The first kappa shape index (κ1) is 27.9. The summed E-state index contributed by atoms with van der Waals surface area (Å²) in [6.07, 6.45) is 1.29. The molecule has 0 aliphatic rings. The summed E-state index contributed by atoms with van der Waals surface area (Å²) in [6.45, 7) is 4.15. The maximum atomic E-state index is 11.2. The summed E-state index contributed by atoms with van der Waals surface area (Å²) in [7, 11) is 1.62. The summed E-state index contributed by atoms with van der Waals surface area (Å²) in [4.78, 5) is 54.6. The molecular weight excluding hydrogens is 424 g/mol. The minimum absolute atomic E-state index is 0.131. The van der Waals surface area contributed by atoms with Crippen LogP contribution in [0.15, 0.2) is 0 Å². The van der Waals surface area contributed by atoms with Gasteiger partial charge in [-0.15, -0.1) is 0 Å². The van der Waals surface area contributed by atoms with Crippen molar-refractivity contribution in [3.05, 3.63) is 0 Å². The molecule has 0 aromatic rings. The summed E-state index contributed by atoms with van der Waals surface area (Å²) >= 11 is 0. The number of carboxylic acid groups (broad SMARTS) is 3. The number of hydrogen-bond acceptors (Lipinski definition) is 9. The molecule has 0 aliphatic heterocycles. The van der Waals surface area contributed by atoms with E-state index in [1.54, 1.807) is 21.7 Å². The number of unbranched alkanes of at least 4 members (excludes halogenated alkanes) is 1. The molecule has 0 amide bonds. The average Bonchev–Trinajstić information content (AvgIpc) is 2.70. The van der Waals surface area contributed by atoms with Crippen molar-refractivity contribution < 1.29 is 40.7 Å². The van der Waals surface area contributed by atoms with Gasteiger partial charge in [-0.25, -0.2) is 0 Å². The number of rotatable bonds is 21. The van der Waals surface area contributed by atoms with Gasteiger partial charge in [0, 0.05) is 39.8 Å². The van der Waals surface area contributed by atoms with Gasteiger partial charge in [-0.2, -0.15) is 5.06 Å². The molecule has 0 saturated carbocycles. The summed E-state index contributed by atoms with van der Waals surface area (Å²) < 4.78 is 7.47. The van der Waals surface area contributed by atoms with Crippen molar-refractivity contribution in [3.8, 4) is 0 Å². The molecule has 0 aromatic carbocycles. The standard InChI is InChI=1S/C20H38N4O8/c1-4-22(13-18(26)27)9-10-24(15-20(30)31)12-11-23(14-19(28)29)8-6-5-7-21(3)32-16-17(2)25/h4-16H2,1-3H3,(H,26,27)(H,28,29)(H,30,31)/i16D. The molecule has 12 nitrogen and oxygen atoms in total. The third-order valence-corrected chi connectivity index (χ3v) is 4.58. The predicted molar refractivity (Wildman–Crippen MR) is 116 cm³/mol. The molecular formula is C20H38N4O8. The molecule has 0 heterocycles. The Bertz CT molecular complexity index is 625. The maximum absolute atomic E-state index is 11.2. The van der Waals surface area contributed by atoms with Gasteiger partial charge in [0.1, 0.15) is 6.58 Å². The molecule has 0 aliphatic carbocycles. The lowest BCUT2D eigenvalue weighted by Crippen LogP contribution is -2.44. The van der Waals surface area contributed by atoms with Gasteiger partial charge in [0.05, 0.1) is 21.0 Å². The van der Waals surface area contributed by atoms with E-state index in [2.05, 4.69) is 0 Å². The number of nitrogens with zero attached hydrogens (tertiary/aromatic N) is 4. The number of likely N-dealkylation sites (N-methyl/N-ethyl adjacent to an activating group) is 1. The van der Waals surface area contributed by atoms with Crippen LogP contribution in [-0.4, -0.2) is 138 Å². The Morgan fingerprint density at radius 1 is 0.750 bits per heavy atom. The second-order valence-corrected chi connectivity index (χ2v) is 7.49. The minimum Gasteiger partial charge on any atom is -0.480 e. The topological polar surface area (TPSA) is 151 Å². The van der Waals surface area contributed by atoms with Crippen molar-refractivity contribution in [3.63, 3.8) is 0 Å². The van der Waals surface area contributed by atoms with E-state index in [0.29, 0.717) is 58.7 Å². The van der Waals surface area contributed by atoms with Crippen LogP contribution in [0.25, 0.3) is 0 Å². The largest absolute Gasteiger partial charge is 0.480 e. The van der Waals surface area contributed by atoms with E-state index in [4.69, 9.17) is 11.3 Å². The number of aliphatic carboxylic acids is 3. The number of Topliss-reactive ketones (excluding diaryl/α,β-unsaturated/α-hetero) is 1. The normalized spacial score (nSPS) is 13.0. The summed E-state index contributed by atoms with van der Waals surface area (Å²) in [5.41, 5.74) is 0. The lowest BCUT2D eigenvalue weighted by Gasteiger charge is -2.28. The van der Waals surface area contributed by atoms with Crippen LogP contribution < -0.4 is 0 Å². The van der Waals surface area contributed by atoms with Crippen LogP contribution in [-0.2, 0) is 24.0 Å². The molecule has 3 N–H and O–H groups in total. The molecule has 1 atom stereocenters. The molecule has 0 fully saturated rings. The van der Waals surface area contributed by atoms with E-state index < -0.39 is 30.3 Å². The Kier molecular flexibility index (Phi) is 15.2. The van der Waals surface area contributed by atoms with E-state index >= 15 is 0 Å². The highest BCUT2D eigenvalue weighted by Gasteiger charge is 2.16. The van der Waals surface area contributed by atoms with E-state index in [-0.39, 0.29) is 19.6 Å². The molecule has 0 saturated heterocycles. The number of carbonyl (C=O) groups is 4. The van der Waals surface area contributed by atoms with Gasteiger partial charge in [0.15, 0.2) is 5.78 Å². The fourth-order valence-corrected chi connectivity index (χ4v) is 2.92. The van der Waals surface area contributed by atoms with Crippen LogP contribution in [0.3, 0.4) is 0 Å². The van der Waals surface area contributed by atoms with Crippen LogP contribution in [0.2, 0.25) is 0 Å². The van der Waals surface area contributed by atoms with Crippen LogP contribution in [0.4, 0.5) is 0 Å². The zero-order valence-corrected chi connectivity index (χ0v) is 19.2. The van der Waals surface area contributed by atoms with Gasteiger partial charge in [-0.1, -0.05) is 6.92 Å². The van der Waals surface area contributed by atoms with Crippen LogP contribution >= 0.6 is 0 Å². The molecule has 0 aromatic heterocycles. The minimum atomic E-state index is -1.27. The number of carboxylic acids is 3. The van der Waals surface area contributed by atoms with Crippen LogP contribution in [0.1, 0.15) is 28.1 Å². The third-order valence-electron chi connectivity index (χ3n) is 4.58. The van der Waals surface area contributed by atoms with Crippen molar-refractivity contribution in [2.75, 3.05) is 79.1 Å². The second-order valence-electron chi connectivity index (χ2n) is 7.49.